The van der Waals surface area contributed by atoms with E-state index in [9.17, 15) is 0 Å². The number of aryl methyl sites for hydroxylation is 1. The Labute approximate surface area is 121 Å². The largest absolute Gasteiger partial charge is 0.310 e. The number of hydrogen-bond acceptors (Lipinski definition) is 3. The smallest absolute Gasteiger partial charge is 0.0835 e. The first-order valence-corrected chi connectivity index (χ1v) is 7.34. The lowest BCUT2D eigenvalue weighted by molar-refractivity contribution is 0.684. The van der Waals surface area contributed by atoms with Crippen LogP contribution >= 0.6 is 15.9 Å². The van der Waals surface area contributed by atoms with Crippen LogP contribution in [-0.2, 0) is 6.54 Å². The zero-order valence-corrected chi connectivity index (χ0v) is 12.7. The van der Waals surface area contributed by atoms with Crippen molar-refractivity contribution in [2.45, 2.75) is 39.3 Å². The van der Waals surface area contributed by atoms with Crippen LogP contribution in [0.4, 0.5) is 0 Å². The first kappa shape index (κ1) is 12.8. The highest BCUT2D eigenvalue weighted by Crippen LogP contribution is 2.23. The number of nitrogens with zero attached hydrogens (tertiary/aromatic N) is 3. The summed E-state index contributed by atoms with van der Waals surface area (Å²) in [4.78, 5) is 4.32. The molecule has 4 nitrogen and oxygen atoms in total. The molecule has 0 aliphatic heterocycles. The van der Waals surface area contributed by atoms with Gasteiger partial charge in [0.2, 0.25) is 0 Å². The van der Waals surface area contributed by atoms with E-state index < -0.39 is 0 Å². The Morgan fingerprint density at radius 2 is 2.16 bits per heavy atom. The summed E-state index contributed by atoms with van der Waals surface area (Å²) < 4.78 is 3.00. The molecule has 100 valence electrons. The van der Waals surface area contributed by atoms with Gasteiger partial charge in [0, 0.05) is 18.8 Å². The van der Waals surface area contributed by atoms with E-state index in [1.807, 2.05) is 24.0 Å². The van der Waals surface area contributed by atoms with E-state index in [2.05, 4.69) is 44.3 Å². The van der Waals surface area contributed by atoms with E-state index in [0.717, 1.165) is 28.1 Å². The van der Waals surface area contributed by atoms with Crippen LogP contribution < -0.4 is 5.32 Å². The van der Waals surface area contributed by atoms with Gasteiger partial charge < -0.3 is 5.32 Å². The van der Waals surface area contributed by atoms with Gasteiger partial charge in [-0.2, -0.15) is 5.10 Å². The van der Waals surface area contributed by atoms with E-state index in [4.69, 9.17) is 0 Å². The van der Waals surface area contributed by atoms with Crippen molar-refractivity contribution in [1.29, 1.82) is 0 Å². The number of rotatable bonds is 4. The molecule has 0 aromatic carbocycles. The lowest BCUT2D eigenvalue weighted by atomic mass is 10.2. The van der Waals surface area contributed by atoms with E-state index in [0.29, 0.717) is 6.04 Å². The summed E-state index contributed by atoms with van der Waals surface area (Å²) in [6, 6.07) is 2.86. The van der Waals surface area contributed by atoms with Gasteiger partial charge in [-0.25, -0.2) is 4.68 Å². The molecule has 5 heteroatoms. The minimum absolute atomic E-state index is 0.714. The van der Waals surface area contributed by atoms with Crippen LogP contribution in [0.3, 0.4) is 0 Å². The van der Waals surface area contributed by atoms with Crippen LogP contribution in [-0.4, -0.2) is 20.8 Å². The quantitative estimate of drug-likeness (QED) is 0.941. The van der Waals surface area contributed by atoms with Gasteiger partial charge in [-0.3, -0.25) is 4.98 Å². The van der Waals surface area contributed by atoms with Crippen LogP contribution in [0, 0.1) is 13.8 Å². The number of halogens is 1. The number of aromatic nitrogens is 3. The van der Waals surface area contributed by atoms with E-state index >= 15 is 0 Å². The van der Waals surface area contributed by atoms with Gasteiger partial charge in [-0.05, 0) is 54.2 Å². The summed E-state index contributed by atoms with van der Waals surface area (Å²) in [5.74, 6) is 0. The molecule has 2 aromatic heterocycles. The Morgan fingerprint density at radius 1 is 1.37 bits per heavy atom. The van der Waals surface area contributed by atoms with Crippen molar-refractivity contribution in [2.75, 3.05) is 0 Å². The fraction of sp³-hybridized carbons (Fsp3) is 0.429. The predicted octanol–water partition coefficient (Wildman–Crippen LogP) is 2.90. The molecule has 1 fully saturated rings. The Hall–Kier alpha value is -1.20. The molecule has 0 saturated heterocycles. The molecule has 3 rings (SSSR count). The Balaban J connectivity index is 1.86. The van der Waals surface area contributed by atoms with Crippen molar-refractivity contribution >= 4 is 15.9 Å². The number of nitrogens with one attached hydrogen (secondary N) is 1. The van der Waals surface area contributed by atoms with Gasteiger partial charge in [-0.1, -0.05) is 0 Å². The first-order chi connectivity index (χ1) is 9.15. The van der Waals surface area contributed by atoms with Crippen molar-refractivity contribution in [3.8, 4) is 5.69 Å². The van der Waals surface area contributed by atoms with Crippen molar-refractivity contribution < 1.29 is 0 Å². The lowest BCUT2D eigenvalue weighted by Gasteiger charge is -2.07. The van der Waals surface area contributed by atoms with E-state index in [1.165, 1.54) is 18.4 Å². The van der Waals surface area contributed by atoms with Gasteiger partial charge in [0.05, 0.1) is 27.7 Å². The Bertz CT molecular complexity index is 601. The SMILES string of the molecule is Cc1nn(-c2cncc(CNC3CC3)c2)c(C)c1Br. The zero-order valence-electron chi connectivity index (χ0n) is 11.2. The molecule has 1 aliphatic carbocycles. The van der Waals surface area contributed by atoms with Crippen molar-refractivity contribution in [2.24, 2.45) is 0 Å². The molecular weight excluding hydrogens is 304 g/mol. The molecule has 1 N–H and O–H groups in total. The molecule has 0 radical (unpaired) electrons. The monoisotopic (exact) mass is 320 g/mol. The average Bonchev–Trinajstić information content (AvgIpc) is 3.21. The standard InChI is InChI=1S/C14H17BrN4/c1-9-14(15)10(2)19(18-9)13-5-11(6-16-8-13)7-17-12-3-4-12/h5-6,8,12,17H,3-4,7H2,1-2H3. The molecule has 1 saturated carbocycles. The minimum Gasteiger partial charge on any atom is -0.310 e. The Morgan fingerprint density at radius 3 is 2.79 bits per heavy atom. The maximum absolute atomic E-state index is 4.54. The third-order valence-corrected chi connectivity index (χ3v) is 4.55. The zero-order chi connectivity index (χ0) is 13.4. The molecule has 0 unspecified atom stereocenters. The molecule has 19 heavy (non-hydrogen) atoms. The van der Waals surface area contributed by atoms with Crippen LogP contribution in [0.2, 0.25) is 0 Å². The van der Waals surface area contributed by atoms with Crippen LogP contribution in [0.25, 0.3) is 5.69 Å². The average molecular weight is 321 g/mol. The molecule has 0 spiro atoms. The summed E-state index contributed by atoms with van der Waals surface area (Å²) in [5, 5.41) is 8.04. The second-order valence-corrected chi connectivity index (χ2v) is 5.90. The van der Waals surface area contributed by atoms with Crippen molar-refractivity contribution in [3.05, 3.63) is 39.9 Å². The lowest BCUT2D eigenvalue weighted by Crippen LogP contribution is -2.15. The van der Waals surface area contributed by atoms with Gasteiger partial charge in [0.15, 0.2) is 0 Å². The predicted molar refractivity (Wildman–Crippen MR) is 78.4 cm³/mol. The van der Waals surface area contributed by atoms with E-state index in [-0.39, 0.29) is 0 Å². The topological polar surface area (TPSA) is 42.7 Å². The molecule has 1 aliphatic rings. The number of hydrogen-bond donors (Lipinski definition) is 1. The fourth-order valence-electron chi connectivity index (χ4n) is 2.11. The second-order valence-electron chi connectivity index (χ2n) is 5.10. The van der Waals surface area contributed by atoms with Crippen molar-refractivity contribution in [1.82, 2.24) is 20.1 Å². The van der Waals surface area contributed by atoms with Gasteiger partial charge in [0.1, 0.15) is 0 Å². The maximum atomic E-state index is 4.54. The third-order valence-electron chi connectivity index (χ3n) is 3.40. The normalized spacial score (nSPS) is 14.9. The summed E-state index contributed by atoms with van der Waals surface area (Å²) in [6.45, 7) is 4.94. The molecule has 0 amide bonds. The summed E-state index contributed by atoms with van der Waals surface area (Å²) in [6.07, 6.45) is 6.38. The Kier molecular flexibility index (Phi) is 3.41. The fourth-order valence-corrected chi connectivity index (χ4v) is 2.36. The highest BCUT2D eigenvalue weighted by Gasteiger charge is 2.20. The summed E-state index contributed by atoms with van der Waals surface area (Å²) in [7, 11) is 0. The second kappa shape index (κ2) is 5.06. The molecule has 0 bridgehead atoms. The van der Waals surface area contributed by atoms with Crippen LogP contribution in [0.1, 0.15) is 29.8 Å². The minimum atomic E-state index is 0.714. The molecule has 2 aromatic rings. The summed E-state index contributed by atoms with van der Waals surface area (Å²) >= 11 is 3.56. The van der Waals surface area contributed by atoms with Gasteiger partial charge in [0.25, 0.3) is 0 Å². The van der Waals surface area contributed by atoms with Gasteiger partial charge >= 0.3 is 0 Å². The highest BCUT2D eigenvalue weighted by molar-refractivity contribution is 9.10. The molecule has 2 heterocycles. The maximum Gasteiger partial charge on any atom is 0.0835 e. The van der Waals surface area contributed by atoms with Gasteiger partial charge in [-0.15, -0.1) is 0 Å². The van der Waals surface area contributed by atoms with Crippen LogP contribution in [0.5, 0.6) is 0 Å². The van der Waals surface area contributed by atoms with E-state index in [1.54, 1.807) is 0 Å². The van der Waals surface area contributed by atoms with Crippen LogP contribution in [0.15, 0.2) is 22.9 Å². The third kappa shape index (κ3) is 2.72. The van der Waals surface area contributed by atoms with Crippen molar-refractivity contribution in [3.63, 3.8) is 0 Å². The molecular formula is C14H17BrN4. The molecule has 0 atom stereocenters. The summed E-state index contributed by atoms with van der Waals surface area (Å²) in [5.41, 5.74) is 4.32. The first-order valence-electron chi connectivity index (χ1n) is 6.54. The number of pyridine rings is 1. The highest BCUT2D eigenvalue weighted by atomic mass is 79.9.